The van der Waals surface area contributed by atoms with Crippen molar-refractivity contribution < 1.29 is 29.1 Å². The molecule has 1 atom stereocenters. The average Bonchev–Trinajstić information content (AvgIpc) is 2.45. The second kappa shape index (κ2) is 11.1. The summed E-state index contributed by atoms with van der Waals surface area (Å²) in [6.07, 6.45) is 0.401. The highest BCUT2D eigenvalue weighted by Gasteiger charge is 2.30. The minimum atomic E-state index is -0.774. The third-order valence-corrected chi connectivity index (χ3v) is 3.45. The van der Waals surface area contributed by atoms with E-state index >= 15 is 0 Å². The predicted molar refractivity (Wildman–Crippen MR) is 100 cm³/mol. The fourth-order valence-electron chi connectivity index (χ4n) is 2.21. The van der Waals surface area contributed by atoms with Gasteiger partial charge in [-0.15, -0.1) is 0 Å². The number of aliphatic hydroxyl groups is 1. The number of carbonyl (C=O) groups excluding carboxylic acids is 2. The van der Waals surface area contributed by atoms with E-state index in [1.807, 2.05) is 0 Å². The molecule has 0 unspecified atom stereocenters. The van der Waals surface area contributed by atoms with Gasteiger partial charge in [0.25, 0.3) is 0 Å². The van der Waals surface area contributed by atoms with Crippen molar-refractivity contribution in [1.82, 2.24) is 4.90 Å². The van der Waals surface area contributed by atoms with E-state index in [1.54, 1.807) is 41.5 Å². The zero-order valence-electron chi connectivity index (χ0n) is 17.3. The molecule has 0 radical (unpaired) electrons. The first-order chi connectivity index (χ1) is 12.2. The summed E-state index contributed by atoms with van der Waals surface area (Å²) in [5, 5.41) is 19.7. The van der Waals surface area contributed by atoms with E-state index in [2.05, 4.69) is 0 Å². The molecule has 1 N–H and O–H groups in total. The predicted octanol–water partition coefficient (Wildman–Crippen LogP) is 3.60. The monoisotopic (exact) mass is 390 g/mol. The molecule has 0 spiro atoms. The van der Waals surface area contributed by atoms with Crippen LogP contribution in [0.2, 0.25) is 0 Å². The molecule has 9 nitrogen and oxygen atoms in total. The number of hydrogen-bond acceptors (Lipinski definition) is 7. The normalized spacial score (nSPS) is 13.0. The maximum Gasteiger partial charge on any atom is 0.419 e. The summed E-state index contributed by atoms with van der Waals surface area (Å²) in [6, 6.07) is 0. The Balaban J connectivity index is 4.73. The van der Waals surface area contributed by atoms with Gasteiger partial charge >= 0.3 is 12.2 Å². The third-order valence-electron chi connectivity index (χ3n) is 3.45. The van der Waals surface area contributed by atoms with Gasteiger partial charge in [-0.25, -0.2) is 14.5 Å². The van der Waals surface area contributed by atoms with Gasteiger partial charge in [0, 0.05) is 24.5 Å². The van der Waals surface area contributed by atoms with Gasteiger partial charge < -0.3 is 14.6 Å². The number of aliphatic hydroxyl groups excluding tert-OH is 1. The van der Waals surface area contributed by atoms with Crippen LogP contribution >= 0.6 is 0 Å². The highest BCUT2D eigenvalue weighted by Crippen LogP contribution is 2.17. The molecular formula is C18H34N2O7. The van der Waals surface area contributed by atoms with Gasteiger partial charge in [-0.3, -0.25) is 10.1 Å². The van der Waals surface area contributed by atoms with Gasteiger partial charge in [0.1, 0.15) is 11.2 Å². The van der Waals surface area contributed by atoms with Crippen LogP contribution in [0.5, 0.6) is 0 Å². The Morgan fingerprint density at radius 1 is 1.00 bits per heavy atom. The van der Waals surface area contributed by atoms with Gasteiger partial charge in [-0.05, 0) is 60.3 Å². The number of nitrogens with zero attached hydrogens (tertiary/aromatic N) is 2. The van der Waals surface area contributed by atoms with Gasteiger partial charge in [0.2, 0.25) is 6.54 Å². The molecule has 158 valence electrons. The Labute approximate surface area is 161 Å². The first-order valence-electron chi connectivity index (χ1n) is 9.21. The average molecular weight is 390 g/mol. The van der Waals surface area contributed by atoms with Crippen molar-refractivity contribution in [3.8, 4) is 0 Å². The van der Waals surface area contributed by atoms with E-state index in [4.69, 9.17) is 9.47 Å². The smallest absolute Gasteiger partial charge is 0.419 e. The summed E-state index contributed by atoms with van der Waals surface area (Å²) in [5.41, 5.74) is -1.50. The molecule has 0 aromatic rings. The van der Waals surface area contributed by atoms with Crippen LogP contribution in [0.4, 0.5) is 9.59 Å². The molecule has 0 bridgehead atoms. The van der Waals surface area contributed by atoms with E-state index in [-0.39, 0.29) is 25.6 Å². The highest BCUT2D eigenvalue weighted by molar-refractivity contribution is 5.88. The molecule has 0 saturated heterocycles. The Bertz CT molecular complexity index is 467. The van der Waals surface area contributed by atoms with Crippen molar-refractivity contribution in [3.05, 3.63) is 10.1 Å². The zero-order chi connectivity index (χ0) is 21.3. The number of hydrogen-bond donors (Lipinski definition) is 1. The van der Waals surface area contributed by atoms with Crippen LogP contribution in [0.15, 0.2) is 0 Å². The molecule has 9 heteroatoms. The minimum Gasteiger partial charge on any atom is -0.443 e. The summed E-state index contributed by atoms with van der Waals surface area (Å²) >= 11 is 0. The molecule has 0 aliphatic rings. The quantitative estimate of drug-likeness (QED) is 0.363. The minimum absolute atomic E-state index is 0.108. The summed E-state index contributed by atoms with van der Waals surface area (Å²) in [6.45, 7) is 10.0. The Kier molecular flexibility index (Phi) is 10.3. The fourth-order valence-corrected chi connectivity index (χ4v) is 2.21. The third kappa shape index (κ3) is 13.0. The summed E-state index contributed by atoms with van der Waals surface area (Å²) in [7, 11) is 0. The van der Waals surface area contributed by atoms with Crippen molar-refractivity contribution in [1.29, 1.82) is 0 Å². The number of rotatable bonds is 9. The van der Waals surface area contributed by atoms with Gasteiger partial charge in [0.15, 0.2) is 0 Å². The van der Waals surface area contributed by atoms with Crippen LogP contribution in [-0.4, -0.2) is 58.0 Å². The largest absolute Gasteiger partial charge is 0.443 e. The van der Waals surface area contributed by atoms with Gasteiger partial charge in [-0.1, -0.05) is 6.42 Å². The number of carbonyl (C=O) groups is 2. The van der Waals surface area contributed by atoms with Crippen LogP contribution in [0, 0.1) is 16.0 Å². The number of nitro groups is 1. The number of ether oxygens (including phenoxy) is 2. The van der Waals surface area contributed by atoms with E-state index in [0.29, 0.717) is 25.7 Å². The van der Waals surface area contributed by atoms with Crippen molar-refractivity contribution in [3.63, 3.8) is 0 Å². The van der Waals surface area contributed by atoms with E-state index in [1.165, 1.54) is 0 Å². The van der Waals surface area contributed by atoms with Gasteiger partial charge in [-0.2, -0.15) is 0 Å². The molecule has 0 aliphatic carbocycles. The lowest BCUT2D eigenvalue weighted by Crippen LogP contribution is -2.44. The highest BCUT2D eigenvalue weighted by atomic mass is 16.6. The number of amides is 2. The second-order valence-corrected chi connectivity index (χ2v) is 8.50. The second-order valence-electron chi connectivity index (χ2n) is 8.50. The molecule has 0 rings (SSSR count). The lowest BCUT2D eigenvalue weighted by atomic mass is 9.99. The van der Waals surface area contributed by atoms with Crippen LogP contribution in [-0.2, 0) is 9.47 Å². The van der Waals surface area contributed by atoms with Crippen molar-refractivity contribution >= 4 is 12.2 Å². The molecule has 0 fully saturated rings. The standard InChI is InChI=1S/C18H34N2O7/c1-17(2,3)26-15(22)19(16(23)27-18(4,5)6)11-8-7-9-14(13-21)10-12-20(24)25/h14,21H,7-13H2,1-6H3/t14-/m1/s1. The molecule has 0 heterocycles. The molecule has 0 aromatic heterocycles. The SMILES string of the molecule is CC(C)(C)OC(=O)N(CCCC[C@@H](CO)CC[N+](=O)[O-])C(=O)OC(C)(C)C. The van der Waals surface area contributed by atoms with Crippen molar-refractivity contribution in [2.24, 2.45) is 5.92 Å². The van der Waals surface area contributed by atoms with Crippen molar-refractivity contribution in [2.45, 2.75) is 78.4 Å². The van der Waals surface area contributed by atoms with E-state index < -0.39 is 28.3 Å². The lowest BCUT2D eigenvalue weighted by Gasteiger charge is -2.28. The maximum absolute atomic E-state index is 12.3. The molecular weight excluding hydrogens is 356 g/mol. The first-order valence-corrected chi connectivity index (χ1v) is 9.21. The maximum atomic E-state index is 12.3. The van der Waals surface area contributed by atoms with Crippen molar-refractivity contribution in [2.75, 3.05) is 19.7 Å². The zero-order valence-corrected chi connectivity index (χ0v) is 17.3. The van der Waals surface area contributed by atoms with E-state index in [0.717, 1.165) is 4.90 Å². The Morgan fingerprint density at radius 3 is 1.85 bits per heavy atom. The molecule has 2 amide bonds. The summed E-state index contributed by atoms with van der Waals surface area (Å²) in [5.74, 6) is -0.174. The number of unbranched alkanes of at least 4 members (excludes halogenated alkanes) is 1. The van der Waals surface area contributed by atoms with Crippen LogP contribution in [0.1, 0.15) is 67.2 Å². The van der Waals surface area contributed by atoms with Gasteiger partial charge in [0.05, 0.1) is 0 Å². The van der Waals surface area contributed by atoms with Crippen LogP contribution in [0.3, 0.4) is 0 Å². The molecule has 0 aromatic carbocycles. The summed E-state index contributed by atoms with van der Waals surface area (Å²) in [4.78, 5) is 35.6. The van der Waals surface area contributed by atoms with Crippen LogP contribution in [0.25, 0.3) is 0 Å². The molecule has 27 heavy (non-hydrogen) atoms. The fraction of sp³-hybridized carbons (Fsp3) is 0.889. The Morgan fingerprint density at radius 2 is 1.48 bits per heavy atom. The number of imide groups is 1. The lowest BCUT2D eigenvalue weighted by molar-refractivity contribution is -0.481. The molecule has 0 aliphatic heterocycles. The van der Waals surface area contributed by atoms with Crippen LogP contribution < -0.4 is 0 Å². The topological polar surface area (TPSA) is 119 Å². The van der Waals surface area contributed by atoms with E-state index in [9.17, 15) is 24.8 Å². The first kappa shape index (κ1) is 25.1. The Hall–Kier alpha value is -1.90. The summed E-state index contributed by atoms with van der Waals surface area (Å²) < 4.78 is 10.5. The molecule has 0 saturated carbocycles.